The zero-order chi connectivity index (χ0) is 26.0. The van der Waals surface area contributed by atoms with Crippen molar-refractivity contribution in [1.82, 2.24) is 10.2 Å². The first kappa shape index (κ1) is 26.4. The summed E-state index contributed by atoms with van der Waals surface area (Å²) in [6.07, 6.45) is -4.90. The lowest BCUT2D eigenvalue weighted by Crippen LogP contribution is -2.34. The molecule has 0 fully saturated rings. The SMILES string of the molecule is CC1=C(C(=O)OCN(C)Cc2ccccc2)C(c2cccc(C(F)(F)F)c2F)C2=C(CS(=O)CS2)N1. The van der Waals surface area contributed by atoms with Gasteiger partial charge >= 0.3 is 12.1 Å². The number of allylic oxidation sites excluding steroid dienone is 2. The number of benzene rings is 2. The molecule has 0 aromatic heterocycles. The Labute approximate surface area is 213 Å². The van der Waals surface area contributed by atoms with Gasteiger partial charge in [0.1, 0.15) is 12.5 Å². The average molecular weight is 541 g/mol. The van der Waals surface area contributed by atoms with E-state index in [-0.39, 0.29) is 28.7 Å². The van der Waals surface area contributed by atoms with Crippen molar-refractivity contribution in [3.05, 3.63) is 92.9 Å². The summed E-state index contributed by atoms with van der Waals surface area (Å²) >= 11 is 1.15. The maximum atomic E-state index is 15.3. The average Bonchev–Trinajstić information content (AvgIpc) is 2.81. The van der Waals surface area contributed by atoms with Crippen LogP contribution in [0.5, 0.6) is 0 Å². The molecule has 0 saturated carbocycles. The second kappa shape index (κ2) is 10.8. The Morgan fingerprint density at radius 1 is 1.19 bits per heavy atom. The lowest BCUT2D eigenvalue weighted by molar-refractivity contribution is -0.143. The van der Waals surface area contributed by atoms with Crippen LogP contribution >= 0.6 is 11.8 Å². The van der Waals surface area contributed by atoms with Crippen molar-refractivity contribution in [1.29, 1.82) is 0 Å². The fourth-order valence-electron chi connectivity index (χ4n) is 4.23. The van der Waals surface area contributed by atoms with Gasteiger partial charge in [0.05, 0.1) is 27.9 Å². The van der Waals surface area contributed by atoms with Gasteiger partial charge in [0.2, 0.25) is 0 Å². The van der Waals surface area contributed by atoms with Gasteiger partial charge in [-0.25, -0.2) is 9.18 Å². The molecule has 2 heterocycles. The number of nitrogens with zero attached hydrogens (tertiary/aromatic N) is 1. The molecule has 2 aromatic carbocycles. The van der Waals surface area contributed by atoms with Crippen molar-refractivity contribution in [3.63, 3.8) is 0 Å². The number of esters is 1. The van der Waals surface area contributed by atoms with E-state index in [4.69, 9.17) is 4.74 Å². The molecule has 2 aromatic rings. The molecular formula is C25H24F4N2O3S2. The molecule has 0 spiro atoms. The molecule has 2 aliphatic rings. The van der Waals surface area contributed by atoms with E-state index >= 15 is 4.39 Å². The third-order valence-corrected chi connectivity index (χ3v) is 8.74. The number of carbonyl (C=O) groups excluding carboxylic acids is 1. The number of carbonyl (C=O) groups is 1. The van der Waals surface area contributed by atoms with Gasteiger partial charge in [-0.05, 0) is 25.6 Å². The smallest absolute Gasteiger partial charge is 0.419 e. The highest BCUT2D eigenvalue weighted by Gasteiger charge is 2.42. The van der Waals surface area contributed by atoms with E-state index in [1.165, 1.54) is 6.07 Å². The molecule has 0 amide bonds. The summed E-state index contributed by atoms with van der Waals surface area (Å²) in [6, 6.07) is 12.6. The minimum atomic E-state index is -4.90. The molecule has 1 N–H and O–H groups in total. The van der Waals surface area contributed by atoms with Crippen molar-refractivity contribution >= 4 is 28.5 Å². The molecule has 11 heteroatoms. The number of nitrogens with one attached hydrogen (secondary N) is 1. The van der Waals surface area contributed by atoms with E-state index in [1.807, 2.05) is 30.3 Å². The largest absolute Gasteiger partial charge is 0.446 e. The Morgan fingerprint density at radius 2 is 1.92 bits per heavy atom. The van der Waals surface area contributed by atoms with Crippen LogP contribution in [0, 0.1) is 5.82 Å². The number of hydrogen-bond acceptors (Lipinski definition) is 6. The van der Waals surface area contributed by atoms with Crippen LogP contribution in [0.4, 0.5) is 17.6 Å². The van der Waals surface area contributed by atoms with Gasteiger partial charge in [-0.1, -0.05) is 42.5 Å². The molecule has 0 saturated heterocycles. The monoisotopic (exact) mass is 540 g/mol. The number of hydrogen-bond donors (Lipinski definition) is 1. The zero-order valence-electron chi connectivity index (χ0n) is 19.5. The van der Waals surface area contributed by atoms with Gasteiger partial charge in [0, 0.05) is 39.2 Å². The molecular weight excluding hydrogens is 516 g/mol. The summed E-state index contributed by atoms with van der Waals surface area (Å²) in [5.41, 5.74) is 0.199. The number of ether oxygens (including phenoxy) is 1. The standard InChI is InChI=1S/C25H24F4N2O3S2/c1-15-20(24(32)34-13-31(2)11-16-7-4-3-5-8-16)21(23-19(30-15)12-36(33)14-35-23)17-9-6-10-18(22(17)26)25(27,28)29/h3-10,21,30H,11-14H2,1-2H3. The third kappa shape index (κ3) is 5.68. The Bertz CT molecular complexity index is 1250. The molecule has 0 aliphatic carbocycles. The van der Waals surface area contributed by atoms with Crippen LogP contribution in [0.1, 0.15) is 29.5 Å². The number of rotatable bonds is 6. The highest BCUT2D eigenvalue weighted by atomic mass is 32.2. The van der Waals surface area contributed by atoms with Crippen molar-refractivity contribution in [3.8, 4) is 0 Å². The summed E-state index contributed by atoms with van der Waals surface area (Å²) in [6.45, 7) is 2.01. The normalized spacial score (nSPS) is 20.3. The lowest BCUT2D eigenvalue weighted by Gasteiger charge is -2.34. The topological polar surface area (TPSA) is 58.6 Å². The van der Waals surface area contributed by atoms with E-state index < -0.39 is 40.2 Å². The molecule has 2 unspecified atom stereocenters. The first-order valence-corrected chi connectivity index (χ1v) is 13.5. The highest BCUT2D eigenvalue weighted by molar-refractivity contribution is 8.13. The van der Waals surface area contributed by atoms with E-state index in [0.29, 0.717) is 28.9 Å². The van der Waals surface area contributed by atoms with E-state index in [2.05, 4.69) is 5.32 Å². The fourth-order valence-corrected chi connectivity index (χ4v) is 6.95. The predicted molar refractivity (Wildman–Crippen MR) is 131 cm³/mol. The minimum absolute atomic E-state index is 0.0280. The maximum Gasteiger partial charge on any atom is 0.419 e. The van der Waals surface area contributed by atoms with Crippen LogP contribution in [0.15, 0.2) is 70.4 Å². The Balaban J connectivity index is 1.66. The van der Waals surface area contributed by atoms with E-state index in [1.54, 1.807) is 18.9 Å². The van der Waals surface area contributed by atoms with Crippen molar-refractivity contribution in [2.75, 3.05) is 24.6 Å². The molecule has 36 heavy (non-hydrogen) atoms. The Morgan fingerprint density at radius 3 is 2.61 bits per heavy atom. The van der Waals surface area contributed by atoms with Gasteiger partial charge in [0.25, 0.3) is 0 Å². The molecule has 2 atom stereocenters. The predicted octanol–water partition coefficient (Wildman–Crippen LogP) is 5.10. The first-order valence-electron chi connectivity index (χ1n) is 11.0. The third-order valence-electron chi connectivity index (χ3n) is 5.82. The van der Waals surface area contributed by atoms with Crippen LogP contribution in [0.3, 0.4) is 0 Å². The van der Waals surface area contributed by atoms with Gasteiger partial charge in [-0.15, -0.1) is 11.8 Å². The number of dihydropyridines is 1. The minimum Gasteiger partial charge on any atom is -0.446 e. The number of thioether (sulfide) groups is 1. The van der Waals surface area contributed by atoms with Crippen LogP contribution in [0.2, 0.25) is 0 Å². The number of alkyl halides is 3. The quantitative estimate of drug-likeness (QED) is 0.313. The maximum absolute atomic E-state index is 15.3. The van der Waals surface area contributed by atoms with Crippen LogP contribution < -0.4 is 5.32 Å². The molecule has 5 nitrogen and oxygen atoms in total. The second-order valence-corrected chi connectivity index (χ2v) is 11.4. The molecule has 192 valence electrons. The summed E-state index contributed by atoms with van der Waals surface area (Å²) in [5.74, 6) is -3.17. The summed E-state index contributed by atoms with van der Waals surface area (Å²) in [4.78, 5) is 15.5. The van der Waals surface area contributed by atoms with Gasteiger partial charge in [-0.2, -0.15) is 13.2 Å². The second-order valence-electron chi connectivity index (χ2n) is 8.55. The van der Waals surface area contributed by atoms with Gasteiger partial charge < -0.3 is 10.1 Å². The molecule has 4 rings (SSSR count). The van der Waals surface area contributed by atoms with Crippen molar-refractivity contribution in [2.45, 2.75) is 25.6 Å². The van der Waals surface area contributed by atoms with Crippen LogP contribution in [-0.4, -0.2) is 39.7 Å². The summed E-state index contributed by atoms with van der Waals surface area (Å²) < 4.78 is 73.4. The highest BCUT2D eigenvalue weighted by Crippen LogP contribution is 2.48. The first-order chi connectivity index (χ1) is 17.1. The van der Waals surface area contributed by atoms with Crippen LogP contribution in [-0.2, 0) is 33.1 Å². The summed E-state index contributed by atoms with van der Waals surface area (Å²) in [5, 5.41) is 3.25. The van der Waals surface area contributed by atoms with Crippen molar-refractivity contribution in [2.24, 2.45) is 0 Å². The number of halogens is 4. The molecule has 0 radical (unpaired) electrons. The van der Waals surface area contributed by atoms with Crippen molar-refractivity contribution < 1.29 is 31.3 Å². The lowest BCUT2D eigenvalue weighted by atomic mass is 9.85. The fraction of sp³-hybridized carbons (Fsp3) is 0.320. The Hall–Kier alpha value is -2.63. The van der Waals surface area contributed by atoms with Crippen LogP contribution in [0.25, 0.3) is 0 Å². The molecule has 0 bridgehead atoms. The zero-order valence-corrected chi connectivity index (χ0v) is 21.2. The van der Waals surface area contributed by atoms with Gasteiger partial charge in [0.15, 0.2) is 0 Å². The molecule has 2 aliphatic heterocycles. The van der Waals surface area contributed by atoms with E-state index in [9.17, 15) is 22.2 Å². The van der Waals surface area contributed by atoms with E-state index in [0.717, 1.165) is 23.4 Å². The Kier molecular flexibility index (Phi) is 7.91. The summed E-state index contributed by atoms with van der Waals surface area (Å²) in [7, 11) is 0.565. The van der Waals surface area contributed by atoms with Gasteiger partial charge in [-0.3, -0.25) is 9.11 Å².